The second kappa shape index (κ2) is 10.6. The van der Waals surface area contributed by atoms with Crippen LogP contribution < -0.4 is 0 Å². The van der Waals surface area contributed by atoms with Crippen molar-refractivity contribution in [3.05, 3.63) is 70.8 Å². The Morgan fingerprint density at radius 3 is 1.26 bits per heavy atom. The highest BCUT2D eigenvalue weighted by Gasteiger charge is 2.44. The summed E-state index contributed by atoms with van der Waals surface area (Å²) in [5.41, 5.74) is -4.22. The summed E-state index contributed by atoms with van der Waals surface area (Å²) in [6, 6.07) is 6.94. The van der Waals surface area contributed by atoms with Crippen molar-refractivity contribution in [3.63, 3.8) is 0 Å². The Hall–Kier alpha value is -2.22. The highest BCUT2D eigenvalue weighted by Crippen LogP contribution is 2.33. The molecular formula is C22H24F6O6. The lowest BCUT2D eigenvalue weighted by Gasteiger charge is -2.38. The summed E-state index contributed by atoms with van der Waals surface area (Å²) in [5.74, 6) is 0. The maximum atomic E-state index is 12.8. The van der Waals surface area contributed by atoms with Crippen LogP contribution in [0, 0.1) is 0 Å². The van der Waals surface area contributed by atoms with Gasteiger partial charge in [0, 0.05) is 12.8 Å². The molecule has 0 unspecified atom stereocenters. The average Bonchev–Trinajstić information content (AvgIpc) is 2.76. The Labute approximate surface area is 190 Å². The van der Waals surface area contributed by atoms with Gasteiger partial charge in [0.05, 0.1) is 17.7 Å². The van der Waals surface area contributed by atoms with Crippen LogP contribution in [0.3, 0.4) is 0 Å². The molecule has 0 bridgehead atoms. The predicted octanol–water partition coefficient (Wildman–Crippen LogP) is 1.68. The van der Waals surface area contributed by atoms with Crippen molar-refractivity contribution in [2.24, 2.45) is 0 Å². The van der Waals surface area contributed by atoms with Crippen LogP contribution in [0.15, 0.2) is 48.5 Å². The molecule has 34 heavy (non-hydrogen) atoms. The van der Waals surface area contributed by atoms with E-state index in [1.54, 1.807) is 0 Å². The largest absolute Gasteiger partial charge is 0.416 e. The van der Waals surface area contributed by atoms with Crippen LogP contribution >= 0.6 is 0 Å². The summed E-state index contributed by atoms with van der Waals surface area (Å²) in [6.07, 6.45) is -18.9. The first-order valence-electron chi connectivity index (χ1n) is 9.96. The van der Waals surface area contributed by atoms with Crippen molar-refractivity contribution in [2.75, 3.05) is 6.61 Å². The molecule has 0 heterocycles. The third-order valence-corrected chi connectivity index (χ3v) is 5.39. The van der Waals surface area contributed by atoms with E-state index in [9.17, 15) is 51.9 Å². The second-order valence-corrected chi connectivity index (χ2v) is 8.02. The monoisotopic (exact) mass is 498 g/mol. The summed E-state index contributed by atoms with van der Waals surface area (Å²) >= 11 is 0. The average molecular weight is 498 g/mol. The van der Waals surface area contributed by atoms with E-state index in [1.807, 2.05) is 0 Å². The van der Waals surface area contributed by atoms with Gasteiger partial charge in [-0.1, -0.05) is 24.3 Å². The van der Waals surface area contributed by atoms with E-state index < -0.39 is 72.9 Å². The highest BCUT2D eigenvalue weighted by molar-refractivity contribution is 5.29. The third kappa shape index (κ3) is 6.90. The molecule has 6 nitrogen and oxygen atoms in total. The van der Waals surface area contributed by atoms with Gasteiger partial charge in [-0.25, -0.2) is 0 Å². The molecule has 0 aromatic heterocycles. The van der Waals surface area contributed by atoms with Crippen molar-refractivity contribution >= 4 is 0 Å². The first kappa shape index (κ1) is 28.0. The van der Waals surface area contributed by atoms with Crippen molar-refractivity contribution < 1.29 is 57.0 Å². The Morgan fingerprint density at radius 2 is 0.971 bits per heavy atom. The predicted molar refractivity (Wildman–Crippen MR) is 106 cm³/mol. The van der Waals surface area contributed by atoms with Gasteiger partial charge in [0.25, 0.3) is 0 Å². The van der Waals surface area contributed by atoms with Crippen LogP contribution in [0.5, 0.6) is 0 Å². The molecule has 0 aliphatic heterocycles. The molecule has 0 radical (unpaired) electrons. The maximum Gasteiger partial charge on any atom is 0.416 e. The van der Waals surface area contributed by atoms with E-state index in [0.29, 0.717) is 0 Å². The van der Waals surface area contributed by atoms with E-state index in [-0.39, 0.29) is 11.1 Å². The molecule has 0 saturated carbocycles. The number of hydrogen-bond acceptors (Lipinski definition) is 6. The molecule has 2 rings (SSSR count). The summed E-state index contributed by atoms with van der Waals surface area (Å²) in [6.45, 7) is -0.999. The zero-order valence-electron chi connectivity index (χ0n) is 17.5. The number of rotatable bonds is 9. The quantitative estimate of drug-likeness (QED) is 0.293. The summed E-state index contributed by atoms with van der Waals surface area (Å²) < 4.78 is 76.9. The lowest BCUT2D eigenvalue weighted by atomic mass is 9.79. The summed E-state index contributed by atoms with van der Waals surface area (Å²) in [5, 5.41) is 60.5. The standard InChI is InChI=1S/C22H24F6O6/c23-21(24,25)14-5-1-12(2-6-14)9-20(34,19(33)18(32)17(31)16(30)11-29)10-13-3-7-15(8-4-13)22(26,27)28/h1-8,16-19,29-34H,9-11H2/t16-,17-,18+,19-/m1/s1. The molecule has 0 aliphatic rings. The molecule has 6 N–H and O–H groups in total. The van der Waals surface area contributed by atoms with Crippen LogP contribution in [-0.2, 0) is 25.2 Å². The van der Waals surface area contributed by atoms with Crippen LogP contribution in [0.25, 0.3) is 0 Å². The van der Waals surface area contributed by atoms with Gasteiger partial charge in [-0.3, -0.25) is 0 Å². The van der Waals surface area contributed by atoms with Crippen molar-refractivity contribution in [3.8, 4) is 0 Å². The van der Waals surface area contributed by atoms with Gasteiger partial charge >= 0.3 is 12.4 Å². The fraction of sp³-hybridized carbons (Fsp3) is 0.455. The Balaban J connectivity index is 2.39. The topological polar surface area (TPSA) is 121 Å². The highest BCUT2D eigenvalue weighted by atomic mass is 19.4. The van der Waals surface area contributed by atoms with Gasteiger partial charge in [0.2, 0.25) is 0 Å². The molecule has 0 amide bonds. The molecule has 0 saturated heterocycles. The normalized spacial score (nSPS) is 16.7. The molecular weight excluding hydrogens is 474 g/mol. The lowest BCUT2D eigenvalue weighted by molar-refractivity contribution is -0.172. The molecule has 12 heteroatoms. The van der Waals surface area contributed by atoms with Crippen LogP contribution in [0.2, 0.25) is 0 Å². The first-order valence-corrected chi connectivity index (χ1v) is 9.96. The molecule has 0 aliphatic carbocycles. The number of alkyl halides is 6. The fourth-order valence-electron chi connectivity index (χ4n) is 3.44. The summed E-state index contributed by atoms with van der Waals surface area (Å²) in [7, 11) is 0. The van der Waals surface area contributed by atoms with Crippen molar-refractivity contribution in [1.82, 2.24) is 0 Å². The van der Waals surface area contributed by atoms with Gasteiger partial charge in [0.15, 0.2) is 0 Å². The molecule has 2 aromatic rings. The number of aliphatic hydroxyl groups excluding tert-OH is 5. The minimum atomic E-state index is -4.63. The summed E-state index contributed by atoms with van der Waals surface area (Å²) in [4.78, 5) is 0. The smallest absolute Gasteiger partial charge is 0.394 e. The lowest BCUT2D eigenvalue weighted by Crippen LogP contribution is -2.57. The number of aliphatic hydroxyl groups is 6. The van der Waals surface area contributed by atoms with E-state index in [1.165, 1.54) is 0 Å². The number of benzene rings is 2. The zero-order chi connectivity index (χ0) is 25.9. The van der Waals surface area contributed by atoms with Gasteiger partial charge in [-0.15, -0.1) is 0 Å². The third-order valence-electron chi connectivity index (χ3n) is 5.39. The molecule has 2 aromatic carbocycles. The minimum absolute atomic E-state index is 0.0749. The van der Waals surface area contributed by atoms with Crippen LogP contribution in [-0.4, -0.2) is 67.3 Å². The molecule has 4 atom stereocenters. The van der Waals surface area contributed by atoms with Gasteiger partial charge < -0.3 is 30.6 Å². The Morgan fingerprint density at radius 1 is 0.618 bits per heavy atom. The van der Waals surface area contributed by atoms with Crippen molar-refractivity contribution in [1.29, 1.82) is 0 Å². The van der Waals surface area contributed by atoms with E-state index >= 15 is 0 Å². The number of halogens is 6. The van der Waals surface area contributed by atoms with Gasteiger partial charge in [-0.2, -0.15) is 26.3 Å². The van der Waals surface area contributed by atoms with Crippen LogP contribution in [0.1, 0.15) is 22.3 Å². The van der Waals surface area contributed by atoms with E-state index in [0.717, 1.165) is 48.5 Å². The SMILES string of the molecule is OC[C@@H](O)[C@@H](O)[C@H](O)[C@@H](O)C(O)(Cc1ccc(C(F)(F)F)cc1)Cc1ccc(C(F)(F)F)cc1. The maximum absolute atomic E-state index is 12.8. The zero-order valence-corrected chi connectivity index (χ0v) is 17.5. The fourth-order valence-corrected chi connectivity index (χ4v) is 3.44. The number of hydrogen-bond donors (Lipinski definition) is 6. The van der Waals surface area contributed by atoms with Crippen LogP contribution in [0.4, 0.5) is 26.3 Å². The van der Waals surface area contributed by atoms with Crippen molar-refractivity contribution in [2.45, 2.75) is 55.2 Å². The first-order chi connectivity index (χ1) is 15.6. The molecule has 0 fully saturated rings. The molecule has 190 valence electrons. The Kier molecular flexibility index (Phi) is 8.72. The molecule has 0 spiro atoms. The van der Waals surface area contributed by atoms with E-state index in [2.05, 4.69) is 0 Å². The Bertz CT molecular complexity index is 854. The van der Waals surface area contributed by atoms with Gasteiger partial charge in [0.1, 0.15) is 30.0 Å². The van der Waals surface area contributed by atoms with Gasteiger partial charge in [-0.05, 0) is 35.4 Å². The minimum Gasteiger partial charge on any atom is -0.394 e. The second-order valence-electron chi connectivity index (χ2n) is 8.02. The van der Waals surface area contributed by atoms with E-state index in [4.69, 9.17) is 5.11 Å².